The molecule has 0 heterocycles. The van der Waals surface area contributed by atoms with E-state index in [-0.39, 0.29) is 0 Å². The third-order valence-electron chi connectivity index (χ3n) is 2.17. The lowest BCUT2D eigenvalue weighted by atomic mass is 10.0. The molecular weight excluding hydrogens is 180 g/mol. The van der Waals surface area contributed by atoms with Gasteiger partial charge in [-0.15, -0.1) is 0 Å². The van der Waals surface area contributed by atoms with Gasteiger partial charge in [0.15, 0.2) is 0 Å². The first-order chi connectivity index (χ1) is 6.49. The molecule has 0 atom stereocenters. The number of carboxylic acid groups (broad SMARTS) is 1. The molecule has 0 spiro atoms. The van der Waals surface area contributed by atoms with Crippen LogP contribution >= 0.6 is 0 Å². The third-order valence-corrected chi connectivity index (χ3v) is 2.17. The van der Waals surface area contributed by atoms with E-state index in [1.165, 1.54) is 7.11 Å². The molecule has 0 fully saturated rings. The van der Waals surface area contributed by atoms with E-state index in [0.29, 0.717) is 23.7 Å². The topological polar surface area (TPSA) is 46.5 Å². The lowest BCUT2D eigenvalue weighted by Gasteiger charge is -2.09. The second kappa shape index (κ2) is 6.46. The first-order valence-corrected chi connectivity index (χ1v) is 4.96. The van der Waals surface area contributed by atoms with Gasteiger partial charge in [0, 0.05) is 6.42 Å². The number of hydrogen-bond donors (Lipinski definition) is 1. The summed E-state index contributed by atoms with van der Waals surface area (Å²) in [6.45, 7) is 5.89. The Labute approximate surface area is 85.8 Å². The highest BCUT2D eigenvalue weighted by Gasteiger charge is 2.09. The lowest BCUT2D eigenvalue weighted by molar-refractivity contribution is -0.132. The molecule has 0 aliphatic rings. The number of methoxy groups -OCH3 is 1. The van der Waals surface area contributed by atoms with Crippen molar-refractivity contribution in [3.8, 4) is 0 Å². The summed E-state index contributed by atoms with van der Waals surface area (Å²) in [5, 5.41) is 8.75. The van der Waals surface area contributed by atoms with Crippen molar-refractivity contribution in [2.45, 2.75) is 40.0 Å². The first kappa shape index (κ1) is 13.0. The van der Waals surface area contributed by atoms with Gasteiger partial charge in [-0.25, -0.2) is 4.79 Å². The van der Waals surface area contributed by atoms with Crippen LogP contribution < -0.4 is 0 Å². The van der Waals surface area contributed by atoms with Gasteiger partial charge in [0.25, 0.3) is 0 Å². The number of hydrogen-bond acceptors (Lipinski definition) is 2. The molecule has 0 bridgehead atoms. The van der Waals surface area contributed by atoms with Crippen molar-refractivity contribution in [3.05, 3.63) is 11.3 Å². The Balaban J connectivity index is 4.16. The van der Waals surface area contributed by atoms with E-state index >= 15 is 0 Å². The summed E-state index contributed by atoms with van der Waals surface area (Å²) >= 11 is 0. The summed E-state index contributed by atoms with van der Waals surface area (Å²) in [7, 11) is 1.52. The minimum Gasteiger partial charge on any atom is -0.501 e. The van der Waals surface area contributed by atoms with Crippen molar-refractivity contribution in [3.63, 3.8) is 0 Å². The molecule has 0 saturated carbocycles. The van der Waals surface area contributed by atoms with Crippen molar-refractivity contribution < 1.29 is 14.6 Å². The number of aliphatic carboxylic acids is 1. The smallest absolute Gasteiger partial charge is 0.334 e. The zero-order valence-electron chi connectivity index (χ0n) is 9.46. The summed E-state index contributed by atoms with van der Waals surface area (Å²) < 4.78 is 5.05. The minimum absolute atomic E-state index is 0.316. The van der Waals surface area contributed by atoms with E-state index in [1.807, 2.05) is 0 Å². The minimum atomic E-state index is -0.897. The van der Waals surface area contributed by atoms with Crippen LogP contribution in [0.5, 0.6) is 0 Å². The highest BCUT2D eigenvalue weighted by molar-refractivity contribution is 5.86. The van der Waals surface area contributed by atoms with Crippen LogP contribution in [-0.2, 0) is 9.53 Å². The predicted octanol–water partition coefficient (Wildman–Crippen LogP) is 2.82. The Hall–Kier alpha value is -0.990. The van der Waals surface area contributed by atoms with Gasteiger partial charge in [-0.1, -0.05) is 20.3 Å². The fraction of sp³-hybridized carbons (Fsp3) is 0.727. The SMILES string of the molecule is COC(CCCC(C)C)=C(C)C(=O)O. The lowest BCUT2D eigenvalue weighted by Crippen LogP contribution is -2.03. The molecule has 0 aliphatic carbocycles. The molecule has 0 radical (unpaired) electrons. The van der Waals surface area contributed by atoms with Crippen molar-refractivity contribution in [2.75, 3.05) is 7.11 Å². The second-order valence-electron chi connectivity index (χ2n) is 3.84. The summed E-state index contributed by atoms with van der Waals surface area (Å²) in [6, 6.07) is 0. The Kier molecular flexibility index (Phi) is 6.00. The van der Waals surface area contributed by atoms with E-state index in [2.05, 4.69) is 13.8 Å². The molecule has 0 rings (SSSR count). The Morgan fingerprint density at radius 3 is 2.36 bits per heavy atom. The van der Waals surface area contributed by atoms with E-state index in [1.54, 1.807) is 6.92 Å². The molecule has 3 heteroatoms. The molecule has 82 valence electrons. The van der Waals surface area contributed by atoms with Crippen molar-refractivity contribution >= 4 is 5.97 Å². The highest BCUT2D eigenvalue weighted by atomic mass is 16.5. The molecule has 0 aromatic rings. The number of carbonyl (C=O) groups is 1. The molecule has 1 N–H and O–H groups in total. The molecule has 0 aromatic carbocycles. The highest BCUT2D eigenvalue weighted by Crippen LogP contribution is 2.16. The maximum Gasteiger partial charge on any atom is 0.334 e. The van der Waals surface area contributed by atoms with Crippen LogP contribution in [0.3, 0.4) is 0 Å². The molecule has 0 saturated heterocycles. The van der Waals surface area contributed by atoms with Crippen LogP contribution in [0.25, 0.3) is 0 Å². The standard InChI is InChI=1S/C11H20O3/c1-8(2)6-5-7-10(14-4)9(3)11(12)13/h8H,5-7H2,1-4H3,(H,12,13). The average Bonchev–Trinajstić information content (AvgIpc) is 2.10. The van der Waals surface area contributed by atoms with E-state index < -0.39 is 5.97 Å². The average molecular weight is 200 g/mol. The van der Waals surface area contributed by atoms with Gasteiger partial charge in [-0.2, -0.15) is 0 Å². The summed E-state index contributed by atoms with van der Waals surface area (Å²) in [4.78, 5) is 10.7. The Morgan fingerprint density at radius 1 is 1.43 bits per heavy atom. The fourth-order valence-corrected chi connectivity index (χ4v) is 1.23. The fourth-order valence-electron chi connectivity index (χ4n) is 1.23. The van der Waals surface area contributed by atoms with Gasteiger partial charge in [-0.3, -0.25) is 0 Å². The van der Waals surface area contributed by atoms with E-state index in [9.17, 15) is 4.79 Å². The molecule has 3 nitrogen and oxygen atoms in total. The van der Waals surface area contributed by atoms with Gasteiger partial charge >= 0.3 is 5.97 Å². The first-order valence-electron chi connectivity index (χ1n) is 4.96. The van der Waals surface area contributed by atoms with Crippen LogP contribution in [0.4, 0.5) is 0 Å². The Morgan fingerprint density at radius 2 is 2.00 bits per heavy atom. The Bertz CT molecular complexity index is 217. The van der Waals surface area contributed by atoms with Crippen LogP contribution in [0, 0.1) is 5.92 Å². The summed E-state index contributed by atoms with van der Waals surface area (Å²) in [5.41, 5.74) is 0.316. The van der Waals surface area contributed by atoms with Crippen molar-refractivity contribution in [1.82, 2.24) is 0 Å². The zero-order valence-corrected chi connectivity index (χ0v) is 9.46. The van der Waals surface area contributed by atoms with Gasteiger partial charge in [0.2, 0.25) is 0 Å². The van der Waals surface area contributed by atoms with Crippen LogP contribution in [0.2, 0.25) is 0 Å². The molecule has 0 amide bonds. The van der Waals surface area contributed by atoms with Gasteiger partial charge in [0.05, 0.1) is 12.7 Å². The molecule has 0 aliphatic heterocycles. The molecule has 14 heavy (non-hydrogen) atoms. The summed E-state index contributed by atoms with van der Waals surface area (Å²) in [5.74, 6) is 0.350. The number of rotatable bonds is 6. The molecule has 0 unspecified atom stereocenters. The van der Waals surface area contributed by atoms with E-state index in [0.717, 1.165) is 12.8 Å². The number of allylic oxidation sites excluding steroid dienone is 1. The van der Waals surface area contributed by atoms with Crippen molar-refractivity contribution in [2.24, 2.45) is 5.92 Å². The quantitative estimate of drug-likeness (QED) is 0.529. The third kappa shape index (κ3) is 4.90. The van der Waals surface area contributed by atoms with Crippen LogP contribution in [0.15, 0.2) is 11.3 Å². The van der Waals surface area contributed by atoms with Gasteiger partial charge in [-0.05, 0) is 19.3 Å². The van der Waals surface area contributed by atoms with Gasteiger partial charge < -0.3 is 9.84 Å². The van der Waals surface area contributed by atoms with E-state index in [4.69, 9.17) is 9.84 Å². The number of ether oxygens (including phenoxy) is 1. The predicted molar refractivity (Wildman–Crippen MR) is 56.0 cm³/mol. The van der Waals surface area contributed by atoms with Gasteiger partial charge in [0.1, 0.15) is 5.76 Å². The van der Waals surface area contributed by atoms with Crippen LogP contribution in [-0.4, -0.2) is 18.2 Å². The second-order valence-corrected chi connectivity index (χ2v) is 3.84. The normalized spacial score (nSPS) is 12.6. The molecular formula is C11H20O3. The monoisotopic (exact) mass is 200 g/mol. The molecule has 0 aromatic heterocycles. The van der Waals surface area contributed by atoms with Crippen LogP contribution in [0.1, 0.15) is 40.0 Å². The zero-order chi connectivity index (χ0) is 11.1. The largest absolute Gasteiger partial charge is 0.501 e. The maximum atomic E-state index is 10.7. The number of carboxylic acids is 1. The summed E-state index contributed by atoms with van der Waals surface area (Å²) in [6.07, 6.45) is 2.79. The maximum absolute atomic E-state index is 10.7. The van der Waals surface area contributed by atoms with Crippen molar-refractivity contribution in [1.29, 1.82) is 0 Å².